The van der Waals surface area contributed by atoms with Crippen LogP contribution in [0.4, 0.5) is 5.69 Å². The fourth-order valence-electron chi connectivity index (χ4n) is 6.55. The number of hydrogen-bond acceptors (Lipinski definition) is 3. The molecule has 0 aromatic heterocycles. The first kappa shape index (κ1) is 23.9. The van der Waals surface area contributed by atoms with Gasteiger partial charge in [-0.3, -0.25) is 9.59 Å². The smallest absolute Gasteiger partial charge is 0.239 e. The zero-order valence-corrected chi connectivity index (χ0v) is 23.9. The molecule has 4 nitrogen and oxygen atoms in total. The van der Waals surface area contributed by atoms with Gasteiger partial charge in [-0.2, -0.15) is 0 Å². The molecule has 6 heteroatoms. The Hall–Kier alpha value is -3.22. The molecule has 0 saturated carbocycles. The first-order chi connectivity index (χ1) is 18.3. The number of carbonyl (C=O) groups is 2. The van der Waals surface area contributed by atoms with Gasteiger partial charge < -0.3 is 4.74 Å². The number of aryl methyl sites for hydroxylation is 1. The second-order valence-electron chi connectivity index (χ2n) is 10.3. The van der Waals surface area contributed by atoms with E-state index in [1.807, 2.05) is 68.4 Å². The summed E-state index contributed by atoms with van der Waals surface area (Å²) < 4.78 is 4.52. The van der Waals surface area contributed by atoms with Gasteiger partial charge in [-0.25, -0.2) is 4.90 Å². The highest BCUT2D eigenvalue weighted by Gasteiger charge is 2.72. The van der Waals surface area contributed by atoms with Gasteiger partial charge in [-0.1, -0.05) is 92.5 Å². The number of imide groups is 1. The van der Waals surface area contributed by atoms with Crippen molar-refractivity contribution in [2.75, 3.05) is 4.90 Å². The fourth-order valence-corrected chi connectivity index (χ4v) is 8.85. The van der Waals surface area contributed by atoms with Crippen molar-refractivity contribution in [2.45, 2.75) is 22.5 Å². The predicted molar refractivity (Wildman–Crippen MR) is 154 cm³/mol. The van der Waals surface area contributed by atoms with Crippen molar-refractivity contribution in [3.63, 3.8) is 0 Å². The molecule has 4 aromatic carbocycles. The van der Waals surface area contributed by atoms with Crippen LogP contribution in [0, 0.1) is 25.7 Å². The summed E-state index contributed by atoms with van der Waals surface area (Å²) >= 11 is 8.10. The van der Waals surface area contributed by atoms with E-state index in [4.69, 9.17) is 4.74 Å². The zero-order chi connectivity index (χ0) is 26.4. The Kier molecular flexibility index (Phi) is 5.11. The second-order valence-corrected chi connectivity index (χ2v) is 12.8. The molecule has 188 valence electrons. The van der Waals surface area contributed by atoms with E-state index in [-0.39, 0.29) is 11.8 Å². The number of nitrogens with zero attached hydrogens (tertiary/aromatic N) is 1. The van der Waals surface area contributed by atoms with Gasteiger partial charge in [0.25, 0.3) is 0 Å². The number of benzene rings is 4. The molecule has 3 aliphatic carbocycles. The molecule has 1 saturated heterocycles. The maximum absolute atomic E-state index is 14.2. The van der Waals surface area contributed by atoms with Crippen molar-refractivity contribution < 1.29 is 14.3 Å². The minimum Gasteiger partial charge on any atom is -0.457 e. The molecule has 0 spiro atoms. The average Bonchev–Trinajstić information content (AvgIpc) is 3.21. The first-order valence-electron chi connectivity index (χ1n) is 12.6. The number of ether oxygens (including phenoxy) is 1. The van der Waals surface area contributed by atoms with Crippen molar-refractivity contribution >= 4 is 49.4 Å². The van der Waals surface area contributed by atoms with Crippen molar-refractivity contribution in [1.29, 1.82) is 0 Å². The van der Waals surface area contributed by atoms with Crippen LogP contribution in [0.25, 0.3) is 0 Å². The van der Waals surface area contributed by atoms with Crippen molar-refractivity contribution in [3.8, 4) is 11.5 Å². The Morgan fingerprint density at radius 3 is 1.61 bits per heavy atom. The largest absolute Gasteiger partial charge is 0.457 e. The van der Waals surface area contributed by atoms with Gasteiger partial charge in [-0.05, 0) is 77.6 Å². The van der Waals surface area contributed by atoms with Crippen LogP contribution >= 0.6 is 31.9 Å². The highest BCUT2D eigenvalue weighted by atomic mass is 79.9. The third kappa shape index (κ3) is 2.90. The van der Waals surface area contributed by atoms with E-state index >= 15 is 0 Å². The monoisotopic (exact) mass is 627 g/mol. The van der Waals surface area contributed by atoms with Crippen LogP contribution in [0.3, 0.4) is 0 Å². The van der Waals surface area contributed by atoms with Crippen molar-refractivity contribution in [1.82, 2.24) is 0 Å². The average molecular weight is 629 g/mol. The van der Waals surface area contributed by atoms with Crippen LogP contribution in [0.15, 0.2) is 91.0 Å². The lowest BCUT2D eigenvalue weighted by Gasteiger charge is -2.55. The van der Waals surface area contributed by atoms with Crippen molar-refractivity contribution in [2.24, 2.45) is 11.8 Å². The van der Waals surface area contributed by atoms with Crippen molar-refractivity contribution in [3.05, 3.63) is 124 Å². The highest BCUT2D eigenvalue weighted by Crippen LogP contribution is 2.70. The minimum absolute atomic E-state index is 0.201. The molecule has 0 radical (unpaired) electrons. The molecule has 2 amide bonds. The van der Waals surface area contributed by atoms with Gasteiger partial charge in [0.2, 0.25) is 11.8 Å². The number of anilines is 1. The summed E-state index contributed by atoms with van der Waals surface area (Å²) in [5.41, 5.74) is 6.87. The first-order valence-corrected chi connectivity index (χ1v) is 14.2. The third-order valence-corrected chi connectivity index (χ3v) is 11.2. The maximum atomic E-state index is 14.2. The summed E-state index contributed by atoms with van der Waals surface area (Å²) in [4.78, 5) is 29.7. The quantitative estimate of drug-likeness (QED) is 0.174. The van der Waals surface area contributed by atoms with Crippen LogP contribution in [-0.4, -0.2) is 11.8 Å². The lowest BCUT2D eigenvalue weighted by atomic mass is 9.54. The normalized spacial score (nSPS) is 26.7. The number of rotatable bonds is 3. The molecule has 0 N–H and O–H groups in total. The number of alkyl halides is 2. The summed E-state index contributed by atoms with van der Waals surface area (Å²) in [6.07, 6.45) is 0. The van der Waals surface area contributed by atoms with E-state index in [1.54, 1.807) is 12.1 Å². The standard InChI is InChI=1S/C32H23Br2NO3/c1-18-8-7-13-26(19(18)2)38-21-16-14-20(15-17-21)35-29(36)27-28(30(35)37)32(34)23-10-4-3-9-22(23)31(27,33)24-11-5-6-12-25(24)32/h3-17,27-28H,1-2H3/t27-,28-,31?,32?/m1/s1. The lowest BCUT2D eigenvalue weighted by molar-refractivity contribution is -0.122. The third-order valence-electron chi connectivity index (χ3n) is 8.46. The molecule has 1 heterocycles. The highest BCUT2D eigenvalue weighted by molar-refractivity contribution is 9.10. The van der Waals surface area contributed by atoms with Crippen LogP contribution in [0.1, 0.15) is 33.4 Å². The zero-order valence-electron chi connectivity index (χ0n) is 20.7. The number of hydrogen-bond donors (Lipinski definition) is 0. The molecule has 1 fully saturated rings. The Bertz CT molecular complexity index is 1540. The summed E-state index contributed by atoms with van der Waals surface area (Å²) in [7, 11) is 0. The summed E-state index contributed by atoms with van der Waals surface area (Å²) in [5.74, 6) is -0.157. The van der Waals surface area contributed by atoms with Gasteiger partial charge in [0.1, 0.15) is 11.5 Å². The van der Waals surface area contributed by atoms with E-state index in [0.29, 0.717) is 11.4 Å². The summed E-state index contributed by atoms with van der Waals surface area (Å²) in [6, 6.07) is 29.4. The summed E-state index contributed by atoms with van der Waals surface area (Å²) in [6.45, 7) is 4.07. The number of halogens is 2. The Balaban J connectivity index is 1.31. The second kappa shape index (κ2) is 8.14. The lowest BCUT2D eigenvalue weighted by Crippen LogP contribution is -2.56. The molecule has 0 unspecified atom stereocenters. The Labute approximate surface area is 237 Å². The van der Waals surface area contributed by atoms with Crippen LogP contribution in [-0.2, 0) is 18.2 Å². The molecule has 4 aliphatic rings. The van der Waals surface area contributed by atoms with E-state index in [1.165, 1.54) is 4.90 Å². The molecule has 8 rings (SSSR count). The molecule has 2 bridgehead atoms. The van der Waals surface area contributed by atoms with Crippen LogP contribution in [0.5, 0.6) is 11.5 Å². The molecule has 38 heavy (non-hydrogen) atoms. The summed E-state index contributed by atoms with van der Waals surface area (Å²) in [5, 5.41) is 0. The van der Waals surface area contributed by atoms with Gasteiger partial charge in [0.05, 0.1) is 26.2 Å². The molecular weight excluding hydrogens is 606 g/mol. The van der Waals surface area contributed by atoms with E-state index in [0.717, 1.165) is 39.1 Å². The van der Waals surface area contributed by atoms with Crippen LogP contribution < -0.4 is 9.64 Å². The minimum atomic E-state index is -0.798. The molecular formula is C32H23Br2NO3. The molecule has 4 aromatic rings. The maximum Gasteiger partial charge on any atom is 0.239 e. The SMILES string of the molecule is Cc1cccc(Oc2ccc(N3C(=O)[C@H]4[C@H](C3=O)C3(Br)c5ccccc5C4(Br)c4ccccc43)cc2)c1C. The number of carbonyl (C=O) groups excluding carboxylic acids is 2. The fraction of sp³-hybridized carbons (Fsp3) is 0.188. The molecule has 1 aliphatic heterocycles. The van der Waals surface area contributed by atoms with E-state index in [2.05, 4.69) is 56.1 Å². The van der Waals surface area contributed by atoms with Gasteiger partial charge in [-0.15, -0.1) is 0 Å². The number of amides is 2. The van der Waals surface area contributed by atoms with E-state index in [9.17, 15) is 9.59 Å². The Morgan fingerprint density at radius 2 is 1.13 bits per heavy atom. The van der Waals surface area contributed by atoms with Gasteiger partial charge in [0.15, 0.2) is 0 Å². The van der Waals surface area contributed by atoms with Gasteiger partial charge >= 0.3 is 0 Å². The molecule has 2 atom stereocenters. The van der Waals surface area contributed by atoms with Gasteiger partial charge in [0, 0.05) is 0 Å². The predicted octanol–water partition coefficient (Wildman–Crippen LogP) is 7.51. The van der Waals surface area contributed by atoms with Crippen LogP contribution in [0.2, 0.25) is 0 Å². The topological polar surface area (TPSA) is 46.6 Å². The van der Waals surface area contributed by atoms with E-state index < -0.39 is 20.5 Å². The Morgan fingerprint density at radius 1 is 0.658 bits per heavy atom.